The van der Waals surface area contributed by atoms with Crippen LogP contribution >= 0.6 is 0 Å². The first-order chi connectivity index (χ1) is 12.0. The van der Waals surface area contributed by atoms with E-state index < -0.39 is 5.97 Å². The number of methoxy groups -OCH3 is 1. The molecule has 8 heteroatoms. The van der Waals surface area contributed by atoms with Crippen LogP contribution in [0.15, 0.2) is 15.5 Å². The second-order valence-corrected chi connectivity index (χ2v) is 5.81. The molecule has 1 amide bonds. The van der Waals surface area contributed by atoms with E-state index in [2.05, 4.69) is 15.6 Å². The fraction of sp³-hybridized carbons (Fsp3) is 0.588. The van der Waals surface area contributed by atoms with E-state index >= 15 is 0 Å². The summed E-state index contributed by atoms with van der Waals surface area (Å²) in [6, 6.07) is 1.65. The third-order valence-corrected chi connectivity index (χ3v) is 3.98. The number of guanidine groups is 1. The zero-order valence-electron chi connectivity index (χ0n) is 15.1. The largest absolute Gasteiger partial charge is 0.465 e. The molecule has 2 rings (SSSR count). The van der Waals surface area contributed by atoms with Gasteiger partial charge in [-0.25, -0.2) is 9.79 Å². The Hall–Kier alpha value is -2.51. The quantitative estimate of drug-likeness (QED) is 0.452. The van der Waals surface area contributed by atoms with Crippen molar-refractivity contribution in [2.24, 2.45) is 4.99 Å². The average Bonchev–Trinajstić information content (AvgIpc) is 3.26. The minimum Gasteiger partial charge on any atom is -0.465 e. The summed E-state index contributed by atoms with van der Waals surface area (Å²) in [5.74, 6) is 1.24. The Labute approximate surface area is 147 Å². The Kier molecular flexibility index (Phi) is 6.85. The highest BCUT2D eigenvalue weighted by Crippen LogP contribution is 2.15. The molecule has 2 N–H and O–H groups in total. The highest BCUT2D eigenvalue weighted by molar-refractivity contribution is 5.90. The molecule has 1 aliphatic rings. The van der Waals surface area contributed by atoms with Crippen LogP contribution in [0.3, 0.4) is 0 Å². The molecular formula is C17H26N4O4. The number of aliphatic imine (C=N–C) groups is 1. The molecule has 138 valence electrons. The third-order valence-electron chi connectivity index (χ3n) is 3.98. The second-order valence-electron chi connectivity index (χ2n) is 5.81. The number of nitrogens with zero attached hydrogens (tertiary/aromatic N) is 2. The lowest BCUT2D eigenvalue weighted by Crippen LogP contribution is -2.38. The van der Waals surface area contributed by atoms with Gasteiger partial charge in [0.2, 0.25) is 5.91 Å². The number of likely N-dealkylation sites (tertiary alicyclic amines) is 1. The summed E-state index contributed by atoms with van der Waals surface area (Å²) < 4.78 is 10.3. The maximum Gasteiger partial charge on any atom is 0.341 e. The molecule has 2 heterocycles. The van der Waals surface area contributed by atoms with Crippen LogP contribution in [-0.4, -0.2) is 56.0 Å². The molecule has 1 saturated heterocycles. The number of nitrogens with one attached hydrogen (secondary N) is 2. The van der Waals surface area contributed by atoms with Crippen molar-refractivity contribution in [3.8, 4) is 0 Å². The van der Waals surface area contributed by atoms with Gasteiger partial charge in [0.05, 0.1) is 13.7 Å². The maximum absolute atomic E-state index is 12.1. The van der Waals surface area contributed by atoms with E-state index in [0.717, 1.165) is 25.9 Å². The molecule has 0 spiro atoms. The number of hydrogen-bond donors (Lipinski definition) is 2. The lowest BCUT2D eigenvalue weighted by Gasteiger charge is -2.14. The summed E-state index contributed by atoms with van der Waals surface area (Å²) in [6.45, 7) is 6.44. The van der Waals surface area contributed by atoms with Crippen molar-refractivity contribution < 1.29 is 18.7 Å². The molecule has 1 fully saturated rings. The number of aryl methyl sites for hydroxylation is 1. The fourth-order valence-electron chi connectivity index (χ4n) is 2.67. The minimum absolute atomic E-state index is 0.0384. The van der Waals surface area contributed by atoms with Crippen molar-refractivity contribution in [1.29, 1.82) is 0 Å². The molecule has 0 bridgehead atoms. The number of carbonyl (C=O) groups is 2. The summed E-state index contributed by atoms with van der Waals surface area (Å²) in [6.07, 6.45) is 2.13. The molecule has 0 unspecified atom stereocenters. The first-order valence-electron chi connectivity index (χ1n) is 8.52. The smallest absolute Gasteiger partial charge is 0.341 e. The minimum atomic E-state index is -0.427. The van der Waals surface area contributed by atoms with Gasteiger partial charge in [0.25, 0.3) is 0 Å². The molecule has 1 aromatic rings. The molecule has 0 radical (unpaired) electrons. The van der Waals surface area contributed by atoms with Crippen molar-refractivity contribution in [3.05, 3.63) is 23.2 Å². The van der Waals surface area contributed by atoms with Gasteiger partial charge in [-0.3, -0.25) is 4.79 Å². The predicted octanol–water partition coefficient (Wildman–Crippen LogP) is 1.05. The highest BCUT2D eigenvalue weighted by atomic mass is 16.5. The van der Waals surface area contributed by atoms with Gasteiger partial charge in [0.1, 0.15) is 23.6 Å². The molecule has 1 aromatic heterocycles. The number of ether oxygens (including phenoxy) is 1. The van der Waals surface area contributed by atoms with E-state index in [4.69, 9.17) is 9.15 Å². The molecule has 0 aromatic carbocycles. The predicted molar refractivity (Wildman–Crippen MR) is 93.4 cm³/mol. The number of esters is 1. The average molecular weight is 350 g/mol. The van der Waals surface area contributed by atoms with Crippen molar-refractivity contribution in [3.63, 3.8) is 0 Å². The van der Waals surface area contributed by atoms with E-state index in [1.165, 1.54) is 7.11 Å². The number of furan rings is 1. The van der Waals surface area contributed by atoms with Crippen molar-refractivity contribution in [1.82, 2.24) is 15.5 Å². The number of hydrogen-bond acceptors (Lipinski definition) is 5. The van der Waals surface area contributed by atoms with Crippen molar-refractivity contribution in [2.45, 2.75) is 33.2 Å². The summed E-state index contributed by atoms with van der Waals surface area (Å²) >= 11 is 0. The molecule has 0 aliphatic carbocycles. The van der Waals surface area contributed by atoms with Crippen LogP contribution in [0.4, 0.5) is 0 Å². The third kappa shape index (κ3) is 5.23. The van der Waals surface area contributed by atoms with Crippen LogP contribution in [0.5, 0.6) is 0 Å². The van der Waals surface area contributed by atoms with Gasteiger partial charge in [-0.15, -0.1) is 0 Å². The number of rotatable bonds is 6. The van der Waals surface area contributed by atoms with Gasteiger partial charge in [-0.2, -0.15) is 0 Å². The molecule has 1 aliphatic heterocycles. The van der Waals surface area contributed by atoms with E-state index in [0.29, 0.717) is 36.1 Å². The summed E-state index contributed by atoms with van der Waals surface area (Å²) in [7, 11) is 1.33. The van der Waals surface area contributed by atoms with Crippen molar-refractivity contribution in [2.75, 3.05) is 33.3 Å². The normalized spacial score (nSPS) is 14.5. The molecule has 25 heavy (non-hydrogen) atoms. The first kappa shape index (κ1) is 18.8. The topological polar surface area (TPSA) is 96.2 Å². The van der Waals surface area contributed by atoms with E-state index in [-0.39, 0.29) is 12.5 Å². The van der Waals surface area contributed by atoms with E-state index in [1.807, 2.05) is 11.8 Å². The molecule has 8 nitrogen and oxygen atoms in total. The summed E-state index contributed by atoms with van der Waals surface area (Å²) in [4.78, 5) is 29.9. The highest BCUT2D eigenvalue weighted by Gasteiger charge is 2.18. The van der Waals surface area contributed by atoms with Crippen LogP contribution in [0, 0.1) is 6.92 Å². The van der Waals surface area contributed by atoms with Crippen LogP contribution in [0.25, 0.3) is 0 Å². The SMILES string of the molecule is CCNC(=NCC(=O)N1CCCC1)NCc1cc(C(=O)OC)c(C)o1. The Morgan fingerprint density at radius 2 is 2.04 bits per heavy atom. The molecule has 0 saturated carbocycles. The monoisotopic (exact) mass is 350 g/mol. The van der Waals surface area contributed by atoms with Crippen LogP contribution in [0.2, 0.25) is 0 Å². The second kappa shape index (κ2) is 9.10. The lowest BCUT2D eigenvalue weighted by atomic mass is 10.2. The van der Waals surface area contributed by atoms with Gasteiger partial charge in [0, 0.05) is 19.6 Å². The van der Waals surface area contributed by atoms with E-state index in [9.17, 15) is 9.59 Å². The summed E-state index contributed by atoms with van der Waals surface area (Å²) in [5.41, 5.74) is 0.408. The van der Waals surface area contributed by atoms with Gasteiger partial charge < -0.3 is 24.7 Å². The van der Waals surface area contributed by atoms with Gasteiger partial charge in [-0.05, 0) is 32.8 Å². The standard InChI is InChI=1S/C17H26N4O4/c1-4-18-17(20-11-15(22)21-7-5-6-8-21)19-10-13-9-14(12(2)25-13)16(23)24-3/h9H,4-8,10-11H2,1-3H3,(H2,18,19,20). The Morgan fingerprint density at radius 1 is 1.32 bits per heavy atom. The molecule has 0 atom stereocenters. The van der Waals surface area contributed by atoms with Crippen LogP contribution in [0.1, 0.15) is 41.6 Å². The van der Waals surface area contributed by atoms with Crippen LogP contribution in [-0.2, 0) is 16.1 Å². The summed E-state index contributed by atoms with van der Waals surface area (Å²) in [5, 5.41) is 6.19. The Balaban J connectivity index is 1.93. The Bertz CT molecular complexity index is 633. The fourth-order valence-corrected chi connectivity index (χ4v) is 2.67. The number of amides is 1. The maximum atomic E-state index is 12.1. The number of carbonyl (C=O) groups excluding carboxylic acids is 2. The van der Waals surface area contributed by atoms with Gasteiger partial charge in [-0.1, -0.05) is 0 Å². The van der Waals surface area contributed by atoms with E-state index in [1.54, 1.807) is 13.0 Å². The van der Waals surface area contributed by atoms with Gasteiger partial charge in [0.15, 0.2) is 5.96 Å². The zero-order valence-corrected chi connectivity index (χ0v) is 15.1. The van der Waals surface area contributed by atoms with Crippen LogP contribution < -0.4 is 10.6 Å². The van der Waals surface area contributed by atoms with Crippen molar-refractivity contribution >= 4 is 17.8 Å². The molecular weight excluding hydrogens is 324 g/mol. The Morgan fingerprint density at radius 3 is 2.68 bits per heavy atom. The van der Waals surface area contributed by atoms with Gasteiger partial charge >= 0.3 is 5.97 Å². The lowest BCUT2D eigenvalue weighted by molar-refractivity contribution is -0.128. The first-order valence-corrected chi connectivity index (χ1v) is 8.52. The zero-order chi connectivity index (χ0) is 18.2.